The van der Waals surface area contributed by atoms with E-state index in [9.17, 15) is 4.79 Å². The summed E-state index contributed by atoms with van der Waals surface area (Å²) in [5.74, 6) is -0.267. The molecule has 0 aliphatic heterocycles. The van der Waals surface area contributed by atoms with Gasteiger partial charge >= 0.3 is 5.97 Å². The average Bonchev–Trinajstić information content (AvgIpc) is 2.25. The quantitative estimate of drug-likeness (QED) is 0.704. The van der Waals surface area contributed by atoms with Crippen LogP contribution in [0.5, 0.6) is 0 Å². The van der Waals surface area contributed by atoms with E-state index in [0.717, 1.165) is 10.8 Å². The van der Waals surface area contributed by atoms with E-state index in [-0.39, 0.29) is 5.97 Å². The van der Waals surface area contributed by atoms with Gasteiger partial charge in [0, 0.05) is 0 Å². The van der Waals surface area contributed by atoms with Crippen molar-refractivity contribution in [2.24, 2.45) is 0 Å². The molecule has 94 valence electrons. The first-order valence-electron chi connectivity index (χ1n) is 6.09. The molecule has 0 heterocycles. The summed E-state index contributed by atoms with van der Waals surface area (Å²) in [7, 11) is 0. The zero-order valence-corrected chi connectivity index (χ0v) is 11.3. The van der Waals surface area contributed by atoms with Crippen molar-refractivity contribution < 1.29 is 9.53 Å². The lowest BCUT2D eigenvalue weighted by Gasteiger charge is -2.20. The molecule has 0 radical (unpaired) electrons. The Bertz CT molecular complexity index is 592. The third-order valence-electron chi connectivity index (χ3n) is 2.65. The SMILES string of the molecule is Cc1ccc2c(C(=O)OC(C)(C)C)cccc2c1. The van der Waals surface area contributed by atoms with Crippen molar-refractivity contribution in [3.63, 3.8) is 0 Å². The van der Waals surface area contributed by atoms with E-state index in [1.54, 1.807) is 0 Å². The van der Waals surface area contributed by atoms with Gasteiger partial charge in [-0.3, -0.25) is 0 Å². The van der Waals surface area contributed by atoms with Gasteiger partial charge in [-0.25, -0.2) is 4.79 Å². The molecule has 0 amide bonds. The lowest BCUT2D eigenvalue weighted by Crippen LogP contribution is -2.24. The smallest absolute Gasteiger partial charge is 0.339 e. The van der Waals surface area contributed by atoms with E-state index in [1.807, 2.05) is 58.0 Å². The highest BCUT2D eigenvalue weighted by atomic mass is 16.6. The molecule has 0 N–H and O–H groups in total. The van der Waals surface area contributed by atoms with E-state index < -0.39 is 5.60 Å². The van der Waals surface area contributed by atoms with Crippen LogP contribution in [0.3, 0.4) is 0 Å². The van der Waals surface area contributed by atoms with Crippen molar-refractivity contribution in [3.8, 4) is 0 Å². The molecule has 2 aromatic carbocycles. The number of hydrogen-bond donors (Lipinski definition) is 0. The molecular weight excluding hydrogens is 224 g/mol. The van der Waals surface area contributed by atoms with Gasteiger partial charge in [-0.15, -0.1) is 0 Å². The third kappa shape index (κ3) is 2.70. The van der Waals surface area contributed by atoms with Crippen molar-refractivity contribution in [1.82, 2.24) is 0 Å². The van der Waals surface area contributed by atoms with Gasteiger partial charge in [0.05, 0.1) is 5.56 Å². The zero-order valence-electron chi connectivity index (χ0n) is 11.3. The molecule has 0 aliphatic carbocycles. The Hall–Kier alpha value is -1.83. The topological polar surface area (TPSA) is 26.3 Å². The number of aryl methyl sites for hydroxylation is 1. The average molecular weight is 242 g/mol. The molecule has 0 bridgehead atoms. The Balaban J connectivity index is 2.48. The highest BCUT2D eigenvalue weighted by Crippen LogP contribution is 2.22. The van der Waals surface area contributed by atoms with Gasteiger partial charge in [-0.1, -0.05) is 35.9 Å². The molecule has 2 heteroatoms. The molecule has 0 aromatic heterocycles. The van der Waals surface area contributed by atoms with E-state index in [2.05, 4.69) is 6.07 Å². The molecule has 0 saturated carbocycles. The number of carbonyl (C=O) groups is 1. The van der Waals surface area contributed by atoms with E-state index >= 15 is 0 Å². The van der Waals surface area contributed by atoms with Crippen LogP contribution >= 0.6 is 0 Å². The second-order valence-electron chi connectivity index (χ2n) is 5.53. The second kappa shape index (κ2) is 4.45. The summed E-state index contributed by atoms with van der Waals surface area (Å²) in [5.41, 5.74) is 1.34. The first kappa shape index (κ1) is 12.6. The van der Waals surface area contributed by atoms with Crippen LogP contribution in [0.2, 0.25) is 0 Å². The van der Waals surface area contributed by atoms with Crippen molar-refractivity contribution in [2.75, 3.05) is 0 Å². The Morgan fingerprint density at radius 1 is 1.11 bits per heavy atom. The van der Waals surface area contributed by atoms with E-state index in [1.165, 1.54) is 5.56 Å². The minimum Gasteiger partial charge on any atom is -0.456 e. The molecule has 0 unspecified atom stereocenters. The fraction of sp³-hybridized carbons (Fsp3) is 0.312. The summed E-state index contributed by atoms with van der Waals surface area (Å²) < 4.78 is 5.42. The summed E-state index contributed by atoms with van der Waals surface area (Å²) in [4.78, 5) is 12.1. The van der Waals surface area contributed by atoms with Crippen LogP contribution in [0.15, 0.2) is 36.4 Å². The normalized spacial score (nSPS) is 11.6. The third-order valence-corrected chi connectivity index (χ3v) is 2.65. The number of esters is 1. The minimum atomic E-state index is -0.468. The van der Waals surface area contributed by atoms with Gasteiger partial charge in [-0.2, -0.15) is 0 Å². The molecule has 2 nitrogen and oxygen atoms in total. The van der Waals surface area contributed by atoms with Gasteiger partial charge in [0.2, 0.25) is 0 Å². The second-order valence-corrected chi connectivity index (χ2v) is 5.53. The molecule has 0 atom stereocenters. The van der Waals surface area contributed by atoms with Crippen molar-refractivity contribution in [1.29, 1.82) is 0 Å². The standard InChI is InChI=1S/C16H18O2/c1-11-8-9-13-12(10-11)6-5-7-14(13)15(17)18-16(2,3)4/h5-10H,1-4H3. The van der Waals surface area contributed by atoms with Crippen LogP contribution in [0.25, 0.3) is 10.8 Å². The predicted molar refractivity (Wildman–Crippen MR) is 73.9 cm³/mol. The fourth-order valence-corrected chi connectivity index (χ4v) is 1.91. The number of rotatable bonds is 1. The summed E-state index contributed by atoms with van der Waals surface area (Å²) in [5, 5.41) is 2.01. The Morgan fingerprint density at radius 3 is 2.50 bits per heavy atom. The molecule has 0 saturated heterocycles. The fourth-order valence-electron chi connectivity index (χ4n) is 1.91. The maximum Gasteiger partial charge on any atom is 0.339 e. The van der Waals surface area contributed by atoms with Crippen LogP contribution in [-0.2, 0) is 4.74 Å². The van der Waals surface area contributed by atoms with Gasteiger partial charge < -0.3 is 4.74 Å². The van der Waals surface area contributed by atoms with Crippen molar-refractivity contribution >= 4 is 16.7 Å². The minimum absolute atomic E-state index is 0.267. The van der Waals surface area contributed by atoms with E-state index in [4.69, 9.17) is 4.74 Å². The van der Waals surface area contributed by atoms with E-state index in [0.29, 0.717) is 5.56 Å². The number of carbonyl (C=O) groups excluding carboxylic acids is 1. The molecule has 2 aromatic rings. The van der Waals surface area contributed by atoms with Crippen molar-refractivity contribution in [2.45, 2.75) is 33.3 Å². The molecule has 0 aliphatic rings. The highest BCUT2D eigenvalue weighted by molar-refractivity contribution is 6.04. The predicted octanol–water partition coefficient (Wildman–Crippen LogP) is 4.10. The van der Waals surface area contributed by atoms with Crippen molar-refractivity contribution in [3.05, 3.63) is 47.5 Å². The van der Waals surface area contributed by atoms with Gasteiger partial charge in [-0.05, 0) is 44.5 Å². The number of ether oxygens (including phenoxy) is 1. The number of hydrogen-bond acceptors (Lipinski definition) is 2. The Morgan fingerprint density at radius 2 is 1.83 bits per heavy atom. The van der Waals surface area contributed by atoms with Crippen LogP contribution < -0.4 is 0 Å². The zero-order chi connectivity index (χ0) is 13.3. The Labute approximate surface area is 108 Å². The first-order chi connectivity index (χ1) is 8.37. The summed E-state index contributed by atoms with van der Waals surface area (Å²) >= 11 is 0. The summed E-state index contributed by atoms with van der Waals surface area (Å²) in [6.07, 6.45) is 0. The lowest BCUT2D eigenvalue weighted by molar-refractivity contribution is 0.00719. The molecular formula is C16H18O2. The molecule has 2 rings (SSSR count). The number of benzene rings is 2. The van der Waals surface area contributed by atoms with Gasteiger partial charge in [0.1, 0.15) is 5.60 Å². The molecule has 18 heavy (non-hydrogen) atoms. The lowest BCUT2D eigenvalue weighted by atomic mass is 10.0. The summed E-state index contributed by atoms with van der Waals surface area (Å²) in [6.45, 7) is 7.67. The molecule has 0 spiro atoms. The maximum atomic E-state index is 12.1. The molecule has 0 fully saturated rings. The largest absolute Gasteiger partial charge is 0.456 e. The summed E-state index contributed by atoms with van der Waals surface area (Å²) in [6, 6.07) is 11.8. The van der Waals surface area contributed by atoms with Crippen LogP contribution in [0, 0.1) is 6.92 Å². The Kier molecular flexibility index (Phi) is 3.12. The van der Waals surface area contributed by atoms with Crippen LogP contribution in [0.4, 0.5) is 0 Å². The van der Waals surface area contributed by atoms with Gasteiger partial charge in [0.25, 0.3) is 0 Å². The number of fused-ring (bicyclic) bond motifs is 1. The van der Waals surface area contributed by atoms with Crippen LogP contribution in [0.1, 0.15) is 36.7 Å². The highest BCUT2D eigenvalue weighted by Gasteiger charge is 2.19. The first-order valence-corrected chi connectivity index (χ1v) is 6.09. The maximum absolute atomic E-state index is 12.1. The monoisotopic (exact) mass is 242 g/mol. The van der Waals surface area contributed by atoms with Crippen LogP contribution in [-0.4, -0.2) is 11.6 Å². The van der Waals surface area contributed by atoms with Gasteiger partial charge in [0.15, 0.2) is 0 Å².